The summed E-state index contributed by atoms with van der Waals surface area (Å²) in [6, 6.07) is 84.2. The van der Waals surface area contributed by atoms with E-state index in [4.69, 9.17) is 0 Å². The van der Waals surface area contributed by atoms with E-state index in [0.29, 0.717) is 0 Å². The summed E-state index contributed by atoms with van der Waals surface area (Å²) in [5.41, 5.74) is 14.0. The first kappa shape index (κ1) is 35.2. The SMILES string of the molecule is c1ccc(-c2cc(-c3cccc4c3sc3ccccc34)ccc2N(c2ccccc2)c2ccc3c4ccccc4n(-c4c(-c5ccccc5)ccc5ccccc45)c3c2)cc1. The van der Waals surface area contributed by atoms with Gasteiger partial charge in [0, 0.05) is 58.8 Å². The lowest BCUT2D eigenvalue weighted by atomic mass is 9.95. The van der Waals surface area contributed by atoms with Gasteiger partial charge in [0.1, 0.15) is 0 Å². The van der Waals surface area contributed by atoms with Gasteiger partial charge in [0.05, 0.1) is 22.4 Å². The summed E-state index contributed by atoms with van der Waals surface area (Å²) < 4.78 is 5.14. The van der Waals surface area contributed by atoms with Crippen LogP contribution < -0.4 is 4.90 Å². The quantitative estimate of drug-likeness (QED) is 0.156. The Morgan fingerprint density at radius 1 is 0.344 bits per heavy atom. The van der Waals surface area contributed by atoms with Crippen molar-refractivity contribution in [1.82, 2.24) is 4.57 Å². The summed E-state index contributed by atoms with van der Waals surface area (Å²) >= 11 is 1.88. The fourth-order valence-corrected chi connectivity index (χ4v) is 10.7. The van der Waals surface area contributed by atoms with Gasteiger partial charge in [-0.15, -0.1) is 11.3 Å². The van der Waals surface area contributed by atoms with Gasteiger partial charge in [-0.25, -0.2) is 0 Å². The number of benzene rings is 10. The van der Waals surface area contributed by atoms with Gasteiger partial charge in [-0.3, -0.25) is 0 Å². The second-order valence-electron chi connectivity index (χ2n) is 15.7. The van der Waals surface area contributed by atoms with Crippen molar-refractivity contribution in [3.05, 3.63) is 231 Å². The first-order valence-electron chi connectivity index (χ1n) is 20.8. The molecule has 0 fully saturated rings. The van der Waals surface area contributed by atoms with Gasteiger partial charge >= 0.3 is 0 Å². The van der Waals surface area contributed by atoms with Crippen molar-refractivity contribution in [1.29, 1.82) is 0 Å². The third-order valence-electron chi connectivity index (χ3n) is 12.2. The van der Waals surface area contributed by atoms with Gasteiger partial charge in [-0.2, -0.15) is 0 Å². The molecule has 61 heavy (non-hydrogen) atoms. The molecule has 0 amide bonds. The van der Waals surface area contributed by atoms with Crippen LogP contribution in [0.5, 0.6) is 0 Å². The lowest BCUT2D eigenvalue weighted by Crippen LogP contribution is -2.11. The molecule has 0 saturated heterocycles. The standard InChI is InChI=1S/C58H38N2S/c1-4-17-39(18-5-1)46-34-31-41-21-10-11-24-45(41)57(46)60-53-29-14-12-25-48(53)49-35-33-44(38-55(49)60)59(43-22-8-3-9-23-43)54-36-32-42(37-52(54)40-19-6-2-7-20-40)47-27-16-28-51-50-26-13-15-30-56(50)61-58(47)51/h1-38H. The van der Waals surface area contributed by atoms with E-state index in [1.165, 1.54) is 86.3 Å². The zero-order valence-corrected chi connectivity index (χ0v) is 34.1. The lowest BCUT2D eigenvalue weighted by molar-refractivity contribution is 1.19. The first-order valence-corrected chi connectivity index (χ1v) is 21.7. The number of fused-ring (bicyclic) bond motifs is 7. The van der Waals surface area contributed by atoms with Gasteiger partial charge in [-0.05, 0) is 76.2 Å². The number of nitrogens with zero attached hydrogens (tertiary/aromatic N) is 2. The van der Waals surface area contributed by atoms with Crippen LogP contribution in [0.4, 0.5) is 17.1 Å². The van der Waals surface area contributed by atoms with E-state index in [9.17, 15) is 0 Å². The zero-order chi connectivity index (χ0) is 40.3. The fourth-order valence-electron chi connectivity index (χ4n) is 9.41. The Morgan fingerprint density at radius 2 is 0.984 bits per heavy atom. The minimum absolute atomic E-state index is 1.08. The molecule has 2 aromatic heterocycles. The predicted molar refractivity (Wildman–Crippen MR) is 262 cm³/mol. The van der Waals surface area contributed by atoms with Crippen molar-refractivity contribution >= 4 is 81.1 Å². The second-order valence-corrected chi connectivity index (χ2v) is 16.7. The maximum atomic E-state index is 2.51. The average molecular weight is 795 g/mol. The molecule has 0 radical (unpaired) electrons. The van der Waals surface area contributed by atoms with E-state index >= 15 is 0 Å². The molecule has 12 aromatic rings. The third kappa shape index (κ3) is 5.85. The van der Waals surface area contributed by atoms with Gasteiger partial charge in [0.25, 0.3) is 0 Å². The van der Waals surface area contributed by atoms with E-state index < -0.39 is 0 Å². The molecule has 286 valence electrons. The summed E-state index contributed by atoms with van der Waals surface area (Å²) in [5.74, 6) is 0. The molecule has 12 rings (SSSR count). The van der Waals surface area contributed by atoms with Crippen LogP contribution in [0.3, 0.4) is 0 Å². The molecule has 0 bridgehead atoms. The summed E-state index contributed by atoms with van der Waals surface area (Å²) in [7, 11) is 0. The van der Waals surface area contributed by atoms with Crippen LogP contribution in [-0.4, -0.2) is 4.57 Å². The van der Waals surface area contributed by atoms with Gasteiger partial charge in [0.2, 0.25) is 0 Å². The minimum Gasteiger partial charge on any atom is -0.310 e. The highest BCUT2D eigenvalue weighted by Crippen LogP contribution is 2.47. The van der Waals surface area contributed by atoms with E-state index in [1.807, 2.05) is 11.3 Å². The molecule has 3 heteroatoms. The van der Waals surface area contributed by atoms with Crippen LogP contribution >= 0.6 is 11.3 Å². The molecule has 0 atom stereocenters. The van der Waals surface area contributed by atoms with E-state index in [1.54, 1.807) is 0 Å². The monoisotopic (exact) mass is 794 g/mol. The molecule has 0 aliphatic heterocycles. The van der Waals surface area contributed by atoms with Crippen LogP contribution in [0.2, 0.25) is 0 Å². The first-order chi connectivity index (χ1) is 30.3. The highest BCUT2D eigenvalue weighted by molar-refractivity contribution is 7.26. The largest absolute Gasteiger partial charge is 0.310 e. The second kappa shape index (κ2) is 14.5. The number of thiophene rings is 1. The number of para-hydroxylation sites is 2. The number of rotatable bonds is 7. The predicted octanol–water partition coefficient (Wildman–Crippen LogP) is 16.8. The van der Waals surface area contributed by atoms with Crippen molar-refractivity contribution in [2.75, 3.05) is 4.90 Å². The molecule has 0 saturated carbocycles. The highest BCUT2D eigenvalue weighted by atomic mass is 32.1. The van der Waals surface area contributed by atoms with E-state index in [0.717, 1.165) is 22.6 Å². The Kier molecular flexibility index (Phi) is 8.39. The average Bonchev–Trinajstić information content (AvgIpc) is 3.88. The van der Waals surface area contributed by atoms with Crippen molar-refractivity contribution in [3.63, 3.8) is 0 Å². The normalized spacial score (nSPS) is 11.6. The number of hydrogen-bond acceptors (Lipinski definition) is 2. The van der Waals surface area contributed by atoms with E-state index in [2.05, 4.69) is 240 Å². The summed E-state index contributed by atoms with van der Waals surface area (Å²) in [5, 5.41) is 7.49. The van der Waals surface area contributed by atoms with Crippen LogP contribution in [0.1, 0.15) is 0 Å². The molecule has 0 unspecified atom stereocenters. The summed E-state index contributed by atoms with van der Waals surface area (Å²) in [6.07, 6.45) is 0. The molecular formula is C58H38N2S. The number of aromatic nitrogens is 1. The van der Waals surface area contributed by atoms with Crippen LogP contribution in [0.15, 0.2) is 231 Å². The summed E-state index contributed by atoms with van der Waals surface area (Å²) in [4.78, 5) is 2.44. The molecule has 0 N–H and O–H groups in total. The lowest BCUT2D eigenvalue weighted by Gasteiger charge is -2.28. The minimum atomic E-state index is 1.08. The highest BCUT2D eigenvalue weighted by Gasteiger charge is 2.23. The Balaban J connectivity index is 1.12. The number of hydrogen-bond donors (Lipinski definition) is 0. The molecular weight excluding hydrogens is 757 g/mol. The van der Waals surface area contributed by atoms with Crippen LogP contribution in [-0.2, 0) is 0 Å². The Bertz CT molecular complexity index is 3580. The maximum absolute atomic E-state index is 2.51. The zero-order valence-electron chi connectivity index (χ0n) is 33.2. The molecule has 2 nitrogen and oxygen atoms in total. The van der Waals surface area contributed by atoms with Crippen molar-refractivity contribution in [2.24, 2.45) is 0 Å². The molecule has 2 heterocycles. The van der Waals surface area contributed by atoms with Gasteiger partial charge in [0.15, 0.2) is 0 Å². The van der Waals surface area contributed by atoms with Crippen molar-refractivity contribution < 1.29 is 0 Å². The molecule has 0 spiro atoms. The third-order valence-corrected chi connectivity index (χ3v) is 13.4. The molecule has 0 aliphatic carbocycles. The number of anilines is 3. The topological polar surface area (TPSA) is 8.17 Å². The fraction of sp³-hybridized carbons (Fsp3) is 0. The van der Waals surface area contributed by atoms with E-state index in [-0.39, 0.29) is 0 Å². The Morgan fingerprint density at radius 3 is 1.79 bits per heavy atom. The summed E-state index contributed by atoms with van der Waals surface area (Å²) in [6.45, 7) is 0. The van der Waals surface area contributed by atoms with Crippen molar-refractivity contribution in [2.45, 2.75) is 0 Å². The Hall–Kier alpha value is -7.72. The van der Waals surface area contributed by atoms with Gasteiger partial charge in [-0.1, -0.05) is 182 Å². The maximum Gasteiger partial charge on any atom is 0.0618 e. The van der Waals surface area contributed by atoms with Gasteiger partial charge < -0.3 is 9.47 Å². The Labute approximate surface area is 358 Å². The molecule has 10 aromatic carbocycles. The molecule has 0 aliphatic rings. The van der Waals surface area contributed by atoms with Crippen LogP contribution in [0.25, 0.3) is 91.8 Å². The smallest absolute Gasteiger partial charge is 0.0618 e. The van der Waals surface area contributed by atoms with Crippen LogP contribution in [0, 0.1) is 0 Å². The van der Waals surface area contributed by atoms with Crippen molar-refractivity contribution in [3.8, 4) is 39.1 Å².